The molecular weight excluding hydrogens is 284 g/mol. The molecule has 22 heavy (non-hydrogen) atoms. The lowest BCUT2D eigenvalue weighted by atomic mass is 10.2. The van der Waals surface area contributed by atoms with Crippen LogP contribution in [0.3, 0.4) is 0 Å². The number of hydrogen-bond acceptors (Lipinski definition) is 5. The molecule has 0 amide bonds. The quantitative estimate of drug-likeness (QED) is 0.759. The van der Waals surface area contributed by atoms with Crippen LogP contribution in [-0.4, -0.2) is 31.0 Å². The molecule has 0 unspecified atom stereocenters. The van der Waals surface area contributed by atoms with Crippen molar-refractivity contribution in [2.45, 2.75) is 0 Å². The number of aromatic nitrogens is 4. The molecule has 0 atom stereocenters. The van der Waals surface area contributed by atoms with E-state index in [9.17, 15) is 9.59 Å². The lowest BCUT2D eigenvalue weighted by Gasteiger charge is -2.03. The summed E-state index contributed by atoms with van der Waals surface area (Å²) in [5, 5.41) is 9.02. The van der Waals surface area contributed by atoms with Crippen LogP contribution in [0.1, 0.15) is 10.4 Å². The SMILES string of the molecule is O=C(O)c1ccnc(-c2ccnc(-c3ccc[nH]c3=O)n2)c1. The molecule has 3 aromatic rings. The zero-order valence-electron chi connectivity index (χ0n) is 11.2. The molecule has 0 saturated heterocycles. The average molecular weight is 294 g/mol. The number of nitrogens with one attached hydrogen (secondary N) is 1. The highest BCUT2D eigenvalue weighted by atomic mass is 16.4. The predicted molar refractivity (Wildman–Crippen MR) is 78.3 cm³/mol. The minimum absolute atomic E-state index is 0.114. The van der Waals surface area contributed by atoms with Gasteiger partial charge in [-0.2, -0.15) is 0 Å². The maximum atomic E-state index is 11.8. The van der Waals surface area contributed by atoms with Crippen molar-refractivity contribution in [1.82, 2.24) is 19.9 Å². The number of carbonyl (C=O) groups is 1. The Morgan fingerprint density at radius 1 is 1.09 bits per heavy atom. The molecule has 0 fully saturated rings. The number of nitrogens with zero attached hydrogens (tertiary/aromatic N) is 3. The number of rotatable bonds is 3. The summed E-state index contributed by atoms with van der Waals surface area (Å²) in [4.78, 5) is 37.8. The summed E-state index contributed by atoms with van der Waals surface area (Å²) < 4.78 is 0. The molecular formula is C15H10N4O3. The zero-order chi connectivity index (χ0) is 15.5. The number of pyridine rings is 2. The molecule has 0 aliphatic rings. The molecule has 0 aromatic carbocycles. The topological polar surface area (TPSA) is 109 Å². The van der Waals surface area contributed by atoms with Crippen molar-refractivity contribution in [3.63, 3.8) is 0 Å². The second-order valence-corrected chi connectivity index (χ2v) is 4.41. The molecule has 0 spiro atoms. The van der Waals surface area contributed by atoms with Gasteiger partial charge in [-0.25, -0.2) is 14.8 Å². The van der Waals surface area contributed by atoms with Gasteiger partial charge >= 0.3 is 5.97 Å². The fourth-order valence-corrected chi connectivity index (χ4v) is 1.93. The Morgan fingerprint density at radius 3 is 2.68 bits per heavy atom. The van der Waals surface area contributed by atoms with Gasteiger partial charge in [-0.1, -0.05) is 0 Å². The van der Waals surface area contributed by atoms with E-state index in [0.717, 1.165) is 0 Å². The summed E-state index contributed by atoms with van der Waals surface area (Å²) in [6, 6.07) is 7.71. The molecule has 0 bridgehead atoms. The maximum Gasteiger partial charge on any atom is 0.335 e. The number of carboxylic acid groups (broad SMARTS) is 1. The van der Waals surface area contributed by atoms with Crippen molar-refractivity contribution < 1.29 is 9.90 Å². The largest absolute Gasteiger partial charge is 0.478 e. The molecule has 108 valence electrons. The maximum absolute atomic E-state index is 11.8. The molecule has 0 saturated carbocycles. The van der Waals surface area contributed by atoms with Gasteiger partial charge < -0.3 is 10.1 Å². The van der Waals surface area contributed by atoms with Gasteiger partial charge in [0.05, 0.1) is 22.5 Å². The van der Waals surface area contributed by atoms with E-state index in [2.05, 4.69) is 19.9 Å². The zero-order valence-corrected chi connectivity index (χ0v) is 11.2. The van der Waals surface area contributed by atoms with Gasteiger partial charge in [0.15, 0.2) is 5.82 Å². The summed E-state index contributed by atoms with van der Waals surface area (Å²) >= 11 is 0. The molecule has 3 heterocycles. The van der Waals surface area contributed by atoms with E-state index in [0.29, 0.717) is 17.0 Å². The van der Waals surface area contributed by atoms with Crippen LogP contribution in [0.5, 0.6) is 0 Å². The number of aromatic amines is 1. The monoisotopic (exact) mass is 294 g/mol. The Balaban J connectivity index is 2.09. The summed E-state index contributed by atoms with van der Waals surface area (Å²) in [5.74, 6) is -0.792. The standard InChI is InChI=1S/C15H10N4O3/c20-14-10(2-1-5-18-14)13-17-7-4-11(19-13)12-8-9(15(21)22)3-6-16-12/h1-8H,(H,18,20)(H,21,22). The van der Waals surface area contributed by atoms with E-state index < -0.39 is 5.97 Å². The number of aromatic carboxylic acids is 1. The Morgan fingerprint density at radius 2 is 1.91 bits per heavy atom. The molecule has 7 nitrogen and oxygen atoms in total. The average Bonchev–Trinajstić information content (AvgIpc) is 2.55. The van der Waals surface area contributed by atoms with Gasteiger partial charge in [-0.05, 0) is 30.3 Å². The summed E-state index contributed by atoms with van der Waals surface area (Å²) in [7, 11) is 0. The van der Waals surface area contributed by atoms with Crippen LogP contribution in [0.4, 0.5) is 0 Å². The van der Waals surface area contributed by atoms with E-state index in [1.54, 1.807) is 18.2 Å². The lowest BCUT2D eigenvalue weighted by molar-refractivity contribution is 0.0697. The van der Waals surface area contributed by atoms with Crippen molar-refractivity contribution in [3.05, 3.63) is 64.8 Å². The first kappa shape index (κ1) is 13.6. The molecule has 0 radical (unpaired) electrons. The van der Waals surface area contributed by atoms with Crippen molar-refractivity contribution in [2.24, 2.45) is 0 Å². The van der Waals surface area contributed by atoms with Crippen LogP contribution in [0, 0.1) is 0 Å². The van der Waals surface area contributed by atoms with Crippen molar-refractivity contribution in [2.75, 3.05) is 0 Å². The van der Waals surface area contributed by atoms with E-state index in [-0.39, 0.29) is 16.9 Å². The molecule has 3 rings (SSSR count). The van der Waals surface area contributed by atoms with Crippen molar-refractivity contribution in [1.29, 1.82) is 0 Å². The van der Waals surface area contributed by atoms with Gasteiger partial charge in [0.2, 0.25) is 0 Å². The van der Waals surface area contributed by atoms with Gasteiger partial charge in [-0.3, -0.25) is 9.78 Å². The smallest absolute Gasteiger partial charge is 0.335 e. The molecule has 3 aromatic heterocycles. The Bertz CT molecular complexity index is 905. The molecule has 0 aliphatic carbocycles. The van der Waals surface area contributed by atoms with E-state index >= 15 is 0 Å². The third-order valence-corrected chi connectivity index (χ3v) is 2.98. The summed E-state index contributed by atoms with van der Waals surface area (Å²) in [6.07, 6.45) is 4.42. The van der Waals surface area contributed by atoms with Crippen LogP contribution in [0.25, 0.3) is 22.8 Å². The second-order valence-electron chi connectivity index (χ2n) is 4.41. The van der Waals surface area contributed by atoms with Gasteiger partial charge in [-0.15, -0.1) is 0 Å². The fraction of sp³-hybridized carbons (Fsp3) is 0. The van der Waals surface area contributed by atoms with Gasteiger partial charge in [0.1, 0.15) is 0 Å². The molecule has 0 aliphatic heterocycles. The third kappa shape index (κ3) is 2.59. The minimum Gasteiger partial charge on any atom is -0.478 e. The summed E-state index contributed by atoms with van der Waals surface area (Å²) in [6.45, 7) is 0. The number of H-pyrrole nitrogens is 1. The van der Waals surface area contributed by atoms with Crippen molar-refractivity contribution >= 4 is 5.97 Å². The number of hydrogen-bond donors (Lipinski definition) is 2. The van der Waals surface area contributed by atoms with E-state index in [4.69, 9.17) is 5.11 Å². The van der Waals surface area contributed by atoms with Gasteiger partial charge in [0.25, 0.3) is 5.56 Å². The van der Waals surface area contributed by atoms with Crippen molar-refractivity contribution in [3.8, 4) is 22.8 Å². The van der Waals surface area contributed by atoms with Crippen LogP contribution in [0.2, 0.25) is 0 Å². The van der Waals surface area contributed by atoms with E-state index in [1.807, 2.05) is 0 Å². The van der Waals surface area contributed by atoms with Crippen LogP contribution < -0.4 is 5.56 Å². The highest BCUT2D eigenvalue weighted by molar-refractivity contribution is 5.88. The Hall–Kier alpha value is -3.35. The lowest BCUT2D eigenvalue weighted by Crippen LogP contribution is -2.09. The first-order chi connectivity index (χ1) is 10.6. The number of carboxylic acids is 1. The second kappa shape index (κ2) is 5.57. The molecule has 2 N–H and O–H groups in total. The van der Waals surface area contributed by atoms with Crippen LogP contribution in [0.15, 0.2) is 53.7 Å². The predicted octanol–water partition coefficient (Wildman–Crippen LogP) is 1.59. The highest BCUT2D eigenvalue weighted by Crippen LogP contribution is 2.18. The van der Waals surface area contributed by atoms with Crippen LogP contribution in [-0.2, 0) is 0 Å². The normalized spacial score (nSPS) is 10.4. The Kier molecular flexibility index (Phi) is 3.45. The fourth-order valence-electron chi connectivity index (χ4n) is 1.93. The highest BCUT2D eigenvalue weighted by Gasteiger charge is 2.10. The minimum atomic E-state index is -1.04. The Labute approximate surface area is 124 Å². The first-order valence-corrected chi connectivity index (χ1v) is 6.36. The first-order valence-electron chi connectivity index (χ1n) is 6.36. The van der Waals surface area contributed by atoms with Crippen LogP contribution >= 0.6 is 0 Å². The molecule has 7 heteroatoms. The third-order valence-electron chi connectivity index (χ3n) is 2.98. The van der Waals surface area contributed by atoms with E-state index in [1.165, 1.54) is 30.7 Å². The summed E-state index contributed by atoms with van der Waals surface area (Å²) in [5.41, 5.74) is 0.987. The van der Waals surface area contributed by atoms with Gasteiger partial charge in [0, 0.05) is 18.6 Å².